The number of pyridine rings is 1. The van der Waals surface area contributed by atoms with Gasteiger partial charge in [0.25, 0.3) is 0 Å². The van der Waals surface area contributed by atoms with E-state index in [9.17, 15) is 15.2 Å². The zero-order valence-corrected chi connectivity index (χ0v) is 15.0. The zero-order valence-electron chi connectivity index (χ0n) is 14.2. The molecule has 0 aliphatic heterocycles. The second kappa shape index (κ2) is 6.92. The van der Waals surface area contributed by atoms with E-state index in [-0.39, 0.29) is 5.41 Å². The molecule has 0 aromatic carbocycles. The standard InChI is InChI=1S/C18H24N2O2S/c1-5-15(17(21)22)23-16-12(10-19)8-11-9-13(18(2,3)4)6-7-14(11)20-16/h8,13,15H,5-7,9H2,1-4H3,(H,21,22). The van der Waals surface area contributed by atoms with Crippen LogP contribution >= 0.6 is 11.8 Å². The van der Waals surface area contributed by atoms with Gasteiger partial charge in [-0.05, 0) is 48.6 Å². The van der Waals surface area contributed by atoms with Gasteiger partial charge in [0, 0.05) is 5.69 Å². The SMILES string of the molecule is CCC(Sc1nc2c(cc1C#N)CC(C(C)(C)C)CC2)C(=O)O. The Kier molecular flexibility index (Phi) is 5.36. The molecule has 4 nitrogen and oxygen atoms in total. The summed E-state index contributed by atoms with van der Waals surface area (Å²) >= 11 is 1.19. The second-order valence-corrected chi connectivity index (χ2v) is 8.41. The fourth-order valence-corrected chi connectivity index (χ4v) is 3.93. The number of carbonyl (C=O) groups is 1. The number of carboxylic acid groups (broad SMARTS) is 1. The van der Waals surface area contributed by atoms with Crippen LogP contribution in [0.3, 0.4) is 0 Å². The first kappa shape index (κ1) is 17.8. The van der Waals surface area contributed by atoms with Crippen molar-refractivity contribution in [2.45, 2.75) is 63.7 Å². The number of thioether (sulfide) groups is 1. The van der Waals surface area contributed by atoms with Gasteiger partial charge in [0.05, 0.1) is 5.56 Å². The lowest BCUT2D eigenvalue weighted by Gasteiger charge is -2.34. The van der Waals surface area contributed by atoms with Gasteiger partial charge in [-0.25, -0.2) is 4.98 Å². The highest BCUT2D eigenvalue weighted by atomic mass is 32.2. The van der Waals surface area contributed by atoms with Crippen LogP contribution in [0.4, 0.5) is 0 Å². The predicted octanol–water partition coefficient (Wildman–Crippen LogP) is 4.06. The first-order chi connectivity index (χ1) is 10.8. The van der Waals surface area contributed by atoms with E-state index in [4.69, 9.17) is 0 Å². The van der Waals surface area contributed by atoms with E-state index in [1.807, 2.05) is 13.0 Å². The third-order valence-corrected chi connectivity index (χ3v) is 5.95. The van der Waals surface area contributed by atoms with Crippen LogP contribution in [0.2, 0.25) is 0 Å². The van der Waals surface area contributed by atoms with Crippen molar-refractivity contribution in [3.63, 3.8) is 0 Å². The van der Waals surface area contributed by atoms with Gasteiger partial charge in [0.2, 0.25) is 0 Å². The fraction of sp³-hybridized carbons (Fsp3) is 0.611. The molecule has 1 aliphatic carbocycles. The number of nitrogens with zero attached hydrogens (tertiary/aromatic N) is 2. The Hall–Kier alpha value is -1.54. The highest BCUT2D eigenvalue weighted by Gasteiger charge is 2.30. The average molecular weight is 332 g/mol. The van der Waals surface area contributed by atoms with Gasteiger partial charge in [0.15, 0.2) is 0 Å². The number of aryl methyl sites for hydroxylation is 1. The minimum absolute atomic E-state index is 0.245. The first-order valence-corrected chi connectivity index (χ1v) is 8.96. The number of hydrogen-bond donors (Lipinski definition) is 1. The molecule has 2 atom stereocenters. The summed E-state index contributed by atoms with van der Waals surface area (Å²) in [5.74, 6) is -0.266. The van der Waals surface area contributed by atoms with Crippen LogP contribution < -0.4 is 0 Å². The Balaban J connectivity index is 2.32. The third-order valence-electron chi connectivity index (χ3n) is 4.60. The lowest BCUT2D eigenvalue weighted by Crippen LogP contribution is -2.27. The van der Waals surface area contributed by atoms with Crippen molar-refractivity contribution >= 4 is 17.7 Å². The number of fused-ring (bicyclic) bond motifs is 1. The van der Waals surface area contributed by atoms with E-state index < -0.39 is 11.2 Å². The number of rotatable bonds is 4. The van der Waals surface area contributed by atoms with E-state index in [0.29, 0.717) is 22.9 Å². The number of aromatic nitrogens is 1. The molecular weight excluding hydrogens is 308 g/mol. The van der Waals surface area contributed by atoms with Crippen molar-refractivity contribution in [3.05, 3.63) is 22.9 Å². The van der Waals surface area contributed by atoms with Gasteiger partial charge in [-0.3, -0.25) is 4.79 Å². The van der Waals surface area contributed by atoms with Crippen molar-refractivity contribution in [2.24, 2.45) is 11.3 Å². The van der Waals surface area contributed by atoms with E-state index in [0.717, 1.165) is 30.5 Å². The van der Waals surface area contributed by atoms with E-state index in [2.05, 4.69) is 31.8 Å². The van der Waals surface area contributed by atoms with Crippen LogP contribution in [0.15, 0.2) is 11.1 Å². The van der Waals surface area contributed by atoms with E-state index in [1.165, 1.54) is 11.8 Å². The molecule has 0 saturated carbocycles. The number of hydrogen-bond acceptors (Lipinski definition) is 4. The number of carboxylic acids is 1. The summed E-state index contributed by atoms with van der Waals surface area (Å²) in [6.45, 7) is 8.60. The molecule has 0 fully saturated rings. The third kappa shape index (κ3) is 4.06. The minimum atomic E-state index is -0.853. The lowest BCUT2D eigenvalue weighted by molar-refractivity contribution is -0.136. The summed E-state index contributed by atoms with van der Waals surface area (Å²) in [4.78, 5) is 15.9. The highest BCUT2D eigenvalue weighted by Crippen LogP contribution is 2.38. The van der Waals surface area contributed by atoms with Crippen molar-refractivity contribution in [2.75, 3.05) is 0 Å². The van der Waals surface area contributed by atoms with Gasteiger partial charge in [-0.1, -0.05) is 39.5 Å². The smallest absolute Gasteiger partial charge is 0.317 e. The van der Waals surface area contributed by atoms with Crippen molar-refractivity contribution in [3.8, 4) is 6.07 Å². The molecule has 124 valence electrons. The van der Waals surface area contributed by atoms with E-state index in [1.54, 1.807) is 0 Å². The normalized spacial score (nSPS) is 18.8. The van der Waals surface area contributed by atoms with Gasteiger partial charge in [-0.2, -0.15) is 5.26 Å². The summed E-state index contributed by atoms with van der Waals surface area (Å²) in [5.41, 5.74) is 2.94. The predicted molar refractivity (Wildman–Crippen MR) is 91.5 cm³/mol. The van der Waals surface area contributed by atoms with Gasteiger partial charge in [0.1, 0.15) is 16.3 Å². The number of nitriles is 1. The average Bonchev–Trinajstić information content (AvgIpc) is 2.49. The lowest BCUT2D eigenvalue weighted by atomic mass is 9.71. The monoisotopic (exact) mass is 332 g/mol. The van der Waals surface area contributed by atoms with Crippen LogP contribution in [0.1, 0.15) is 57.4 Å². The molecule has 2 unspecified atom stereocenters. The van der Waals surface area contributed by atoms with Crippen LogP contribution in [-0.2, 0) is 17.6 Å². The second-order valence-electron chi connectivity index (χ2n) is 7.22. The summed E-state index contributed by atoms with van der Waals surface area (Å²) in [6.07, 6.45) is 3.45. The quantitative estimate of drug-likeness (QED) is 0.842. The first-order valence-electron chi connectivity index (χ1n) is 8.08. The Morgan fingerprint density at radius 1 is 1.57 bits per heavy atom. The molecule has 1 aromatic rings. The highest BCUT2D eigenvalue weighted by molar-refractivity contribution is 8.00. The molecule has 1 N–H and O–H groups in total. The topological polar surface area (TPSA) is 74.0 Å². The van der Waals surface area contributed by atoms with Crippen molar-refractivity contribution in [1.82, 2.24) is 4.98 Å². The van der Waals surface area contributed by atoms with Crippen LogP contribution in [0.25, 0.3) is 0 Å². The molecular formula is C18H24N2O2S. The summed E-state index contributed by atoms with van der Waals surface area (Å²) < 4.78 is 0. The Morgan fingerprint density at radius 3 is 2.78 bits per heavy atom. The Labute approximate surface area is 142 Å². The van der Waals surface area contributed by atoms with Crippen LogP contribution in [-0.4, -0.2) is 21.3 Å². The van der Waals surface area contributed by atoms with Gasteiger partial charge >= 0.3 is 5.97 Å². The maximum Gasteiger partial charge on any atom is 0.317 e. The van der Waals surface area contributed by atoms with Gasteiger partial charge < -0.3 is 5.11 Å². The van der Waals surface area contributed by atoms with Crippen LogP contribution in [0.5, 0.6) is 0 Å². The molecule has 1 aromatic heterocycles. The molecule has 1 aliphatic rings. The summed E-state index contributed by atoms with van der Waals surface area (Å²) in [5, 5.41) is 18.7. The molecule has 0 saturated heterocycles. The van der Waals surface area contributed by atoms with Crippen molar-refractivity contribution < 1.29 is 9.90 Å². The van der Waals surface area contributed by atoms with Crippen LogP contribution in [0, 0.1) is 22.7 Å². The molecule has 0 spiro atoms. The molecule has 0 bridgehead atoms. The van der Waals surface area contributed by atoms with E-state index >= 15 is 0 Å². The van der Waals surface area contributed by atoms with Gasteiger partial charge in [-0.15, -0.1) is 0 Å². The maximum atomic E-state index is 11.2. The fourth-order valence-electron chi connectivity index (χ4n) is 3.00. The Morgan fingerprint density at radius 2 is 2.26 bits per heavy atom. The molecule has 0 amide bonds. The maximum absolute atomic E-state index is 11.2. The van der Waals surface area contributed by atoms with Crippen molar-refractivity contribution in [1.29, 1.82) is 5.26 Å². The zero-order chi connectivity index (χ0) is 17.2. The molecule has 2 rings (SSSR count). The number of aliphatic carboxylic acids is 1. The molecule has 5 heteroatoms. The summed E-state index contributed by atoms with van der Waals surface area (Å²) in [7, 11) is 0. The Bertz CT molecular complexity index is 644. The molecule has 1 heterocycles. The minimum Gasteiger partial charge on any atom is -0.480 e. The molecule has 0 radical (unpaired) electrons. The molecule has 23 heavy (non-hydrogen) atoms. The summed E-state index contributed by atoms with van der Waals surface area (Å²) in [6, 6.07) is 4.12. The largest absolute Gasteiger partial charge is 0.480 e.